The summed E-state index contributed by atoms with van der Waals surface area (Å²) in [4.78, 5) is 0. The van der Waals surface area contributed by atoms with Crippen LogP contribution in [0.5, 0.6) is 0 Å². The molecule has 0 amide bonds. The van der Waals surface area contributed by atoms with Crippen LogP contribution in [0.2, 0.25) is 52.4 Å². The van der Waals surface area contributed by atoms with E-state index in [1.54, 1.807) is 0 Å². The molecule has 20 heavy (non-hydrogen) atoms. The van der Waals surface area contributed by atoms with Crippen LogP contribution >= 0.6 is 0 Å². The van der Waals surface area contributed by atoms with Crippen LogP contribution in [0.25, 0.3) is 0 Å². The first-order valence-corrected chi connectivity index (χ1v) is 18.0. The van der Waals surface area contributed by atoms with Gasteiger partial charge in [0.25, 0.3) is 0 Å². The van der Waals surface area contributed by atoms with Gasteiger partial charge in [-0.25, -0.2) is 0 Å². The highest BCUT2D eigenvalue weighted by atomic mass is 28.4. The third-order valence-electron chi connectivity index (χ3n) is 4.48. The maximum absolute atomic E-state index is 6.89. The lowest BCUT2D eigenvalue weighted by molar-refractivity contribution is 0.104. The molecule has 0 saturated heterocycles. The Balaban J connectivity index is 5.22. The Morgan fingerprint density at radius 2 is 1.25 bits per heavy atom. The van der Waals surface area contributed by atoms with E-state index in [0.717, 1.165) is 12.8 Å². The summed E-state index contributed by atoms with van der Waals surface area (Å²) in [6, 6.07) is 0. The largest absolute Gasteiger partial charge is 0.415 e. The third-order valence-corrected chi connectivity index (χ3v) is 12.5. The van der Waals surface area contributed by atoms with E-state index in [2.05, 4.69) is 73.1 Å². The van der Waals surface area contributed by atoms with E-state index in [1.807, 2.05) is 0 Å². The molecule has 1 atom stereocenters. The Bertz CT molecular complexity index is 299. The first kappa shape index (κ1) is 20.6. The number of hydrogen-bond donors (Lipinski definition) is 0. The molecule has 0 unspecified atom stereocenters. The van der Waals surface area contributed by atoms with Crippen molar-refractivity contribution in [3.63, 3.8) is 0 Å². The maximum Gasteiger partial charge on any atom is 0.213 e. The zero-order valence-corrected chi connectivity index (χ0v) is 18.8. The Labute approximate surface area is 130 Å². The Hall–Kier alpha value is 0.571. The summed E-state index contributed by atoms with van der Waals surface area (Å²) in [6.45, 7) is 25.6. The van der Waals surface area contributed by atoms with Gasteiger partial charge in [-0.05, 0) is 52.5 Å². The van der Waals surface area contributed by atoms with Gasteiger partial charge in [0.05, 0.1) is 13.8 Å². The van der Waals surface area contributed by atoms with E-state index in [4.69, 9.17) is 8.85 Å². The van der Waals surface area contributed by atoms with Gasteiger partial charge < -0.3 is 8.85 Å². The molecule has 0 radical (unpaired) electrons. The molecule has 0 saturated carbocycles. The highest BCUT2D eigenvalue weighted by Gasteiger charge is 2.47. The van der Waals surface area contributed by atoms with Gasteiger partial charge in [0, 0.05) is 5.22 Å². The van der Waals surface area contributed by atoms with Gasteiger partial charge in [-0.2, -0.15) is 0 Å². The van der Waals surface area contributed by atoms with Crippen LogP contribution in [0.3, 0.4) is 0 Å². The van der Waals surface area contributed by atoms with Gasteiger partial charge in [-0.15, -0.1) is 0 Å². The molecule has 0 fully saturated rings. The summed E-state index contributed by atoms with van der Waals surface area (Å²) in [5.41, 5.74) is 0.267. The van der Waals surface area contributed by atoms with Crippen molar-refractivity contribution >= 4 is 24.7 Å². The summed E-state index contributed by atoms with van der Waals surface area (Å²) in [5, 5.41) is 0.0970. The molecule has 0 bridgehead atoms. The molecular weight excluding hydrogens is 296 g/mol. The molecule has 0 aliphatic carbocycles. The van der Waals surface area contributed by atoms with Crippen molar-refractivity contribution in [2.24, 2.45) is 0 Å². The molecule has 0 aliphatic heterocycles. The summed E-state index contributed by atoms with van der Waals surface area (Å²) < 4.78 is 13.2. The van der Waals surface area contributed by atoms with Crippen LogP contribution in [0.15, 0.2) is 0 Å². The monoisotopic (exact) mass is 334 g/mol. The standard InChI is InChI=1S/C15H38O2Si3/c1-12-15(13-2,18(4,5)6)17-20(10,11)14(3)16-19(7,8)9/h14H,12-13H2,1-11H3/t14-/m0/s1. The van der Waals surface area contributed by atoms with Crippen molar-refractivity contribution < 1.29 is 8.85 Å². The smallest absolute Gasteiger partial charge is 0.213 e. The van der Waals surface area contributed by atoms with Gasteiger partial charge >= 0.3 is 0 Å². The van der Waals surface area contributed by atoms with E-state index in [9.17, 15) is 0 Å². The molecule has 5 heteroatoms. The van der Waals surface area contributed by atoms with Crippen molar-refractivity contribution in [3.05, 3.63) is 0 Å². The first-order valence-electron chi connectivity index (χ1n) is 8.09. The maximum atomic E-state index is 6.89. The van der Waals surface area contributed by atoms with Gasteiger partial charge in [-0.3, -0.25) is 0 Å². The second-order valence-electron chi connectivity index (χ2n) is 8.53. The summed E-state index contributed by atoms with van der Waals surface area (Å²) >= 11 is 0. The van der Waals surface area contributed by atoms with Crippen molar-refractivity contribution in [3.8, 4) is 0 Å². The predicted molar refractivity (Wildman–Crippen MR) is 99.1 cm³/mol. The van der Waals surface area contributed by atoms with Crippen molar-refractivity contribution in [2.75, 3.05) is 0 Å². The summed E-state index contributed by atoms with van der Waals surface area (Å²) in [7, 11) is -4.75. The molecule has 0 rings (SSSR count). The molecule has 0 heterocycles. The lowest BCUT2D eigenvalue weighted by Gasteiger charge is -2.49. The molecule has 2 nitrogen and oxygen atoms in total. The van der Waals surface area contributed by atoms with E-state index in [0.29, 0.717) is 0 Å². The second-order valence-corrected chi connectivity index (χ2v) is 22.6. The fourth-order valence-corrected chi connectivity index (χ4v) is 11.7. The Morgan fingerprint density at radius 1 is 0.850 bits per heavy atom. The summed E-state index contributed by atoms with van der Waals surface area (Å²) in [5.74, 6) is 0. The quantitative estimate of drug-likeness (QED) is 0.551. The third kappa shape index (κ3) is 5.40. The minimum Gasteiger partial charge on any atom is -0.415 e. The number of rotatable bonds is 8. The molecule has 0 aromatic carbocycles. The van der Waals surface area contributed by atoms with Crippen LogP contribution < -0.4 is 0 Å². The van der Waals surface area contributed by atoms with Crippen LogP contribution in [0.1, 0.15) is 33.6 Å². The predicted octanol–water partition coefficient (Wildman–Crippen LogP) is 5.42. The topological polar surface area (TPSA) is 18.5 Å². The van der Waals surface area contributed by atoms with Gasteiger partial charge in [0.2, 0.25) is 8.32 Å². The molecular formula is C15H38O2Si3. The zero-order valence-electron chi connectivity index (χ0n) is 15.8. The Kier molecular flexibility index (Phi) is 6.96. The molecule has 0 spiro atoms. The van der Waals surface area contributed by atoms with Crippen molar-refractivity contribution in [1.82, 2.24) is 0 Å². The van der Waals surface area contributed by atoms with E-state index >= 15 is 0 Å². The Morgan fingerprint density at radius 3 is 1.50 bits per heavy atom. The SMILES string of the molecule is CCC(CC)(O[Si](C)(C)[C@@H](C)O[Si](C)(C)C)[Si](C)(C)C. The van der Waals surface area contributed by atoms with Gasteiger partial charge in [-0.1, -0.05) is 33.5 Å². The highest BCUT2D eigenvalue weighted by molar-refractivity contribution is 6.81. The molecule has 0 aromatic rings. The summed E-state index contributed by atoms with van der Waals surface area (Å²) in [6.07, 6.45) is 2.24. The molecule has 122 valence electrons. The average molecular weight is 335 g/mol. The van der Waals surface area contributed by atoms with Crippen LogP contribution in [-0.2, 0) is 8.85 Å². The lowest BCUT2D eigenvalue weighted by atomic mass is 10.2. The van der Waals surface area contributed by atoms with E-state index in [-0.39, 0.29) is 11.0 Å². The van der Waals surface area contributed by atoms with E-state index < -0.39 is 24.7 Å². The minimum atomic E-state index is -1.86. The zero-order chi connectivity index (χ0) is 16.4. The van der Waals surface area contributed by atoms with Crippen molar-refractivity contribution in [2.45, 2.75) is 96.9 Å². The van der Waals surface area contributed by atoms with Gasteiger partial charge in [0.15, 0.2) is 8.32 Å². The normalized spacial score (nSPS) is 16.4. The fraction of sp³-hybridized carbons (Fsp3) is 1.00. The van der Waals surface area contributed by atoms with E-state index in [1.165, 1.54) is 0 Å². The lowest BCUT2D eigenvalue weighted by Crippen LogP contribution is -2.62. The average Bonchev–Trinajstić information content (AvgIpc) is 2.21. The molecule has 0 N–H and O–H groups in total. The fourth-order valence-electron chi connectivity index (χ4n) is 2.87. The van der Waals surface area contributed by atoms with Gasteiger partial charge in [0.1, 0.15) is 0 Å². The van der Waals surface area contributed by atoms with Crippen LogP contribution in [0.4, 0.5) is 0 Å². The van der Waals surface area contributed by atoms with Crippen LogP contribution in [0, 0.1) is 0 Å². The molecule has 0 aromatic heterocycles. The van der Waals surface area contributed by atoms with Crippen LogP contribution in [-0.4, -0.2) is 35.7 Å². The second kappa shape index (κ2) is 6.77. The first-order chi connectivity index (χ1) is 8.71. The molecule has 0 aliphatic rings. The number of hydrogen-bond acceptors (Lipinski definition) is 2. The minimum absolute atomic E-state index is 0.0970. The van der Waals surface area contributed by atoms with Crippen molar-refractivity contribution in [1.29, 1.82) is 0 Å². The highest BCUT2D eigenvalue weighted by Crippen LogP contribution is 2.36.